The fourth-order valence-corrected chi connectivity index (χ4v) is 2.95. The number of nitrogens with one attached hydrogen (secondary N) is 1. The second-order valence-electron chi connectivity index (χ2n) is 5.74. The normalized spacial score (nSPS) is 16.8. The molecule has 1 aromatic carbocycles. The molecule has 11 heteroatoms. The molecule has 26 heavy (non-hydrogen) atoms. The summed E-state index contributed by atoms with van der Waals surface area (Å²) < 4.78 is 1.27. The molecule has 0 unspecified atom stereocenters. The maximum absolute atomic E-state index is 12.5. The highest BCUT2D eigenvalue weighted by Crippen LogP contribution is 2.23. The fourth-order valence-electron chi connectivity index (χ4n) is 2.58. The van der Waals surface area contributed by atoms with Gasteiger partial charge in [0, 0.05) is 22.7 Å². The molecule has 136 valence electrons. The molecule has 0 bridgehead atoms. The molecule has 1 atom stereocenters. The third-order valence-corrected chi connectivity index (χ3v) is 4.36. The topological polar surface area (TPSA) is 123 Å². The van der Waals surface area contributed by atoms with Gasteiger partial charge in [0.15, 0.2) is 0 Å². The van der Waals surface area contributed by atoms with Crippen molar-refractivity contribution in [3.63, 3.8) is 0 Å². The van der Waals surface area contributed by atoms with E-state index in [0.717, 1.165) is 4.90 Å². The molecule has 1 fully saturated rings. The van der Waals surface area contributed by atoms with E-state index in [1.165, 1.54) is 10.9 Å². The van der Waals surface area contributed by atoms with Gasteiger partial charge in [-0.05, 0) is 23.8 Å². The Labute approximate surface area is 158 Å². The third-order valence-electron chi connectivity index (χ3n) is 3.76. The second kappa shape index (κ2) is 7.30. The Morgan fingerprint density at radius 2 is 2.08 bits per heavy atom. The summed E-state index contributed by atoms with van der Waals surface area (Å²) in [5.74, 6) is -0.966. The third kappa shape index (κ3) is 3.94. The predicted octanol–water partition coefficient (Wildman–Crippen LogP) is 0.733. The Bertz CT molecular complexity index is 884. The number of urea groups is 1. The number of carbonyl (C=O) groups excluding carboxylic acids is 3. The number of nitrogens with zero attached hydrogens (tertiary/aromatic N) is 4. The smallest absolute Gasteiger partial charge is 0.325 e. The zero-order valence-corrected chi connectivity index (χ0v) is 14.9. The van der Waals surface area contributed by atoms with Crippen LogP contribution in [0.4, 0.5) is 4.79 Å². The van der Waals surface area contributed by atoms with Crippen molar-refractivity contribution in [3.05, 3.63) is 45.7 Å². The van der Waals surface area contributed by atoms with Gasteiger partial charge >= 0.3 is 6.03 Å². The van der Waals surface area contributed by atoms with Gasteiger partial charge in [0.1, 0.15) is 12.6 Å². The minimum Gasteiger partial charge on any atom is -0.368 e. The molecule has 9 nitrogen and oxygen atoms in total. The van der Waals surface area contributed by atoms with Crippen LogP contribution < -0.4 is 11.1 Å². The lowest BCUT2D eigenvalue weighted by molar-refractivity contribution is -0.127. The number of carbonyl (C=O) groups is 3. The van der Waals surface area contributed by atoms with E-state index in [1.807, 2.05) is 0 Å². The monoisotopic (exact) mass is 396 g/mol. The number of aromatic nitrogens is 3. The molecule has 2 aromatic rings. The maximum atomic E-state index is 12.5. The van der Waals surface area contributed by atoms with Crippen molar-refractivity contribution in [2.75, 3.05) is 0 Å². The highest BCUT2D eigenvalue weighted by molar-refractivity contribution is 6.33. The Morgan fingerprint density at radius 3 is 2.81 bits per heavy atom. The quantitative estimate of drug-likeness (QED) is 0.696. The summed E-state index contributed by atoms with van der Waals surface area (Å²) in [4.78, 5) is 36.6. The molecule has 1 saturated heterocycles. The summed E-state index contributed by atoms with van der Waals surface area (Å²) in [6, 6.07) is 3.52. The Kier molecular flexibility index (Phi) is 5.10. The molecule has 0 aliphatic carbocycles. The van der Waals surface area contributed by atoms with Crippen LogP contribution >= 0.6 is 23.2 Å². The summed E-state index contributed by atoms with van der Waals surface area (Å²) in [5.41, 5.74) is 6.10. The molecule has 0 radical (unpaired) electrons. The highest BCUT2D eigenvalue weighted by Gasteiger charge is 2.38. The number of hydrogen-bond acceptors (Lipinski definition) is 5. The van der Waals surface area contributed by atoms with E-state index in [4.69, 9.17) is 28.9 Å². The van der Waals surface area contributed by atoms with Gasteiger partial charge in [0.25, 0.3) is 5.91 Å². The van der Waals surface area contributed by atoms with E-state index in [9.17, 15) is 14.4 Å². The molecule has 0 spiro atoms. The number of hydrogen-bond donors (Lipinski definition) is 2. The van der Waals surface area contributed by atoms with Crippen LogP contribution in [0, 0.1) is 0 Å². The maximum Gasteiger partial charge on any atom is 0.325 e. The molecular formula is C15H14Cl2N6O3. The van der Waals surface area contributed by atoms with Crippen molar-refractivity contribution < 1.29 is 14.4 Å². The standard InChI is InChI=1S/C15H14Cl2N6O3/c16-9-1-2-11(17)8(3-9)5-23-14(25)12(19-15(23)26)4-10-6-22(21-20-10)7-13(18)24/h1-3,6,12H,4-5,7H2,(H2,18,24)(H,19,26)/t12-/m0/s1. The van der Waals surface area contributed by atoms with Crippen LogP contribution in [0.3, 0.4) is 0 Å². The largest absolute Gasteiger partial charge is 0.368 e. The van der Waals surface area contributed by atoms with Gasteiger partial charge < -0.3 is 11.1 Å². The summed E-state index contributed by atoms with van der Waals surface area (Å²) >= 11 is 12.0. The number of nitrogens with two attached hydrogens (primary N) is 1. The van der Waals surface area contributed by atoms with E-state index in [2.05, 4.69) is 15.6 Å². The summed E-state index contributed by atoms with van der Waals surface area (Å²) in [7, 11) is 0. The molecule has 1 aromatic heterocycles. The lowest BCUT2D eigenvalue weighted by Gasteiger charge is -2.14. The minimum atomic E-state index is -0.779. The van der Waals surface area contributed by atoms with E-state index in [0.29, 0.717) is 21.3 Å². The fraction of sp³-hybridized carbons (Fsp3) is 0.267. The van der Waals surface area contributed by atoms with Crippen molar-refractivity contribution >= 4 is 41.0 Å². The van der Waals surface area contributed by atoms with Crippen molar-refractivity contribution in [1.29, 1.82) is 0 Å². The van der Waals surface area contributed by atoms with Crippen LogP contribution in [0.25, 0.3) is 0 Å². The van der Waals surface area contributed by atoms with Crippen LogP contribution in [0.1, 0.15) is 11.3 Å². The zero-order chi connectivity index (χ0) is 18.8. The number of amides is 4. The Morgan fingerprint density at radius 1 is 1.31 bits per heavy atom. The van der Waals surface area contributed by atoms with Gasteiger partial charge in [-0.3, -0.25) is 14.5 Å². The lowest BCUT2D eigenvalue weighted by Crippen LogP contribution is -2.32. The summed E-state index contributed by atoms with van der Waals surface area (Å²) in [5, 5.41) is 11.1. The Balaban J connectivity index is 1.69. The SMILES string of the molecule is NC(=O)Cn1cc(C[C@@H]2NC(=O)N(Cc3cc(Cl)ccc3Cl)C2=O)nn1. The average molecular weight is 397 g/mol. The van der Waals surface area contributed by atoms with Crippen molar-refractivity contribution in [2.45, 2.75) is 25.6 Å². The zero-order valence-electron chi connectivity index (χ0n) is 13.4. The molecule has 1 aliphatic heterocycles. The van der Waals surface area contributed by atoms with Gasteiger partial charge in [0.05, 0.1) is 12.2 Å². The molecule has 4 amide bonds. The van der Waals surface area contributed by atoms with Crippen LogP contribution in [-0.2, 0) is 29.1 Å². The summed E-state index contributed by atoms with van der Waals surface area (Å²) in [6.07, 6.45) is 1.64. The van der Waals surface area contributed by atoms with Crippen molar-refractivity contribution in [1.82, 2.24) is 25.2 Å². The number of rotatable bonds is 6. The van der Waals surface area contributed by atoms with E-state index < -0.39 is 23.9 Å². The molecule has 3 N–H and O–H groups in total. The number of halogens is 2. The molecule has 0 saturated carbocycles. The van der Waals surface area contributed by atoms with Crippen LogP contribution in [0.15, 0.2) is 24.4 Å². The van der Waals surface area contributed by atoms with Crippen molar-refractivity contribution in [2.24, 2.45) is 5.73 Å². The van der Waals surface area contributed by atoms with Gasteiger partial charge in [-0.2, -0.15) is 0 Å². The highest BCUT2D eigenvalue weighted by atomic mass is 35.5. The first kappa shape index (κ1) is 18.2. The molecular weight excluding hydrogens is 383 g/mol. The van der Waals surface area contributed by atoms with E-state index in [-0.39, 0.29) is 19.5 Å². The van der Waals surface area contributed by atoms with Gasteiger partial charge in [0.2, 0.25) is 5.91 Å². The van der Waals surface area contributed by atoms with Crippen LogP contribution in [0.5, 0.6) is 0 Å². The minimum absolute atomic E-state index is 0.00886. The lowest BCUT2D eigenvalue weighted by atomic mass is 10.1. The van der Waals surface area contributed by atoms with E-state index >= 15 is 0 Å². The number of primary amides is 1. The average Bonchev–Trinajstić information content (AvgIpc) is 3.10. The Hall–Kier alpha value is -2.65. The predicted molar refractivity (Wildman–Crippen MR) is 92.3 cm³/mol. The van der Waals surface area contributed by atoms with Crippen LogP contribution in [-0.4, -0.2) is 43.8 Å². The van der Waals surface area contributed by atoms with E-state index in [1.54, 1.807) is 18.2 Å². The molecule has 1 aliphatic rings. The first-order valence-corrected chi connectivity index (χ1v) is 8.32. The van der Waals surface area contributed by atoms with Gasteiger partial charge in [-0.1, -0.05) is 28.4 Å². The summed E-state index contributed by atoms with van der Waals surface area (Å²) in [6.45, 7) is -0.105. The first-order chi connectivity index (χ1) is 12.3. The number of imide groups is 1. The molecule has 2 heterocycles. The van der Waals surface area contributed by atoms with Gasteiger partial charge in [-0.25, -0.2) is 9.48 Å². The first-order valence-electron chi connectivity index (χ1n) is 7.56. The van der Waals surface area contributed by atoms with Crippen LogP contribution in [0.2, 0.25) is 10.0 Å². The van der Waals surface area contributed by atoms with Gasteiger partial charge in [-0.15, -0.1) is 5.10 Å². The number of benzene rings is 1. The second-order valence-corrected chi connectivity index (χ2v) is 6.58. The van der Waals surface area contributed by atoms with Crippen molar-refractivity contribution in [3.8, 4) is 0 Å². The molecule has 3 rings (SSSR count).